The lowest BCUT2D eigenvalue weighted by Crippen LogP contribution is -2.63. The SMILES string of the molecule is CCC12CC(C3=C(CN4CCN(c5ccc(C(=O)NS(=O)(=O)c6ccc(NC(CCN7CCN(C(=O)CCCCCC(=O)NC(C(=O)N8C[C@H](O)C[C@H]8C(=O)N[C@@H](C)c8ccc(-c9scnc9C)cc8)C(C)(C)C)CC7)CSc7ccccc7)c(S(=O)(=O)C(F)(F)F)c6)cc5)CC4)CCC(C)(C)C3)(C1)C2. The Bertz CT molecular complexity index is 4190. The Morgan fingerprint density at radius 3 is 2.11 bits per heavy atom. The van der Waals surface area contributed by atoms with E-state index in [0.29, 0.717) is 80.7 Å². The number of halogens is 3. The molecule has 5 atom stereocenters. The number of nitrogens with one attached hydrogen (secondary N) is 4. The molecular formula is C78H103F3N10O10S4. The van der Waals surface area contributed by atoms with Crippen LogP contribution in [0.1, 0.15) is 166 Å². The Morgan fingerprint density at radius 1 is 0.810 bits per heavy atom. The number of aromatic nitrogens is 1. The minimum Gasteiger partial charge on any atom is -0.391 e. The standard InChI is InChI=1S/C78H103F3N10O10S4/c1-9-76-48-77(49-76,50-76)63-44-75(7,8)32-30-57(63)45-88-36-38-89(39-37-88)59-26-24-56(25-27-59)71(95)86-105(100,101)62-28-29-64(66(43-62)104(98,99)78(79,80)81)84-58(47-102-61-16-12-10-13-17-61)31-33-87-34-40-90(41-35-87)68(94)19-15-11-14-18-67(93)85-70(74(4,5)6)73(97)91-46-60(92)42-65(91)72(96)83-52(2)54-20-22-55(23-21-54)69-53(3)82-51-103-69/h10,12-13,16-17,20-29,43,51-52,58,60,65,70,84,92H,9,11,14-15,18-19,30-42,44-50H2,1-8H3,(H,83,96)(H,85,93)(H,86,95)/t52-,58?,60+,65-,70?,76?,77?/m0/s1. The molecule has 7 aliphatic rings. The van der Waals surface area contributed by atoms with Gasteiger partial charge in [-0.3, -0.25) is 33.8 Å². The van der Waals surface area contributed by atoms with Gasteiger partial charge in [0.25, 0.3) is 25.8 Å². The summed E-state index contributed by atoms with van der Waals surface area (Å²) in [6.45, 7) is 22.8. The van der Waals surface area contributed by atoms with Crippen LogP contribution < -0.4 is 25.6 Å². The van der Waals surface area contributed by atoms with Crippen molar-refractivity contribution in [3.05, 3.63) is 131 Å². The van der Waals surface area contributed by atoms with Crippen LogP contribution in [0.3, 0.4) is 0 Å². The van der Waals surface area contributed by atoms with Gasteiger partial charge in [0, 0.05) is 119 Å². The van der Waals surface area contributed by atoms with Gasteiger partial charge in [0.15, 0.2) is 0 Å². The van der Waals surface area contributed by atoms with Gasteiger partial charge < -0.3 is 35.8 Å². The van der Waals surface area contributed by atoms with E-state index in [1.807, 2.05) is 93.9 Å². The lowest BCUT2D eigenvalue weighted by Gasteiger charge is -2.73. The molecule has 6 fully saturated rings. The van der Waals surface area contributed by atoms with Gasteiger partial charge in [-0.1, -0.05) is 108 Å². The number of anilines is 2. The molecule has 5 N–H and O–H groups in total. The molecule has 4 heterocycles. The molecule has 2 unspecified atom stereocenters. The number of amides is 5. The number of alkyl halides is 3. The van der Waals surface area contributed by atoms with E-state index in [2.05, 4.69) is 56.4 Å². The van der Waals surface area contributed by atoms with Gasteiger partial charge in [0.2, 0.25) is 23.6 Å². The summed E-state index contributed by atoms with van der Waals surface area (Å²) in [4.78, 5) is 82.8. The Kier molecular flexibility index (Phi) is 24.5. The van der Waals surface area contributed by atoms with Crippen LogP contribution in [0.25, 0.3) is 10.4 Å². The number of hydrogen-bond donors (Lipinski definition) is 5. The van der Waals surface area contributed by atoms with Crippen molar-refractivity contribution in [3.63, 3.8) is 0 Å². The zero-order valence-corrected chi connectivity index (χ0v) is 64.9. The molecular weight excluding hydrogens is 1420 g/mol. The van der Waals surface area contributed by atoms with Crippen LogP contribution in [0.2, 0.25) is 0 Å². The Hall–Kier alpha value is -6.88. The maximum absolute atomic E-state index is 14.6. The van der Waals surface area contributed by atoms with Gasteiger partial charge in [-0.05, 0) is 159 Å². The number of sulfone groups is 1. The van der Waals surface area contributed by atoms with Crippen LogP contribution in [-0.4, -0.2) is 184 Å². The van der Waals surface area contributed by atoms with E-state index in [-0.39, 0.29) is 48.9 Å². The third-order valence-electron chi connectivity index (χ3n) is 22.5. The molecule has 105 heavy (non-hydrogen) atoms. The average molecular weight is 1530 g/mol. The first-order chi connectivity index (χ1) is 49.6. The summed E-state index contributed by atoms with van der Waals surface area (Å²) in [6.07, 6.45) is 10.1. The number of thiazole rings is 1. The fourth-order valence-corrected chi connectivity index (χ4v) is 20.1. The van der Waals surface area contributed by atoms with Crippen molar-refractivity contribution in [1.29, 1.82) is 0 Å². The zero-order chi connectivity index (χ0) is 75.4. The predicted molar refractivity (Wildman–Crippen MR) is 405 cm³/mol. The number of aryl methyl sites for hydroxylation is 1. The van der Waals surface area contributed by atoms with E-state index in [0.717, 1.165) is 83.6 Å². The van der Waals surface area contributed by atoms with Crippen LogP contribution in [0, 0.1) is 28.6 Å². The van der Waals surface area contributed by atoms with Crippen molar-refractivity contribution >= 4 is 83.9 Å². The second kappa shape index (κ2) is 32.5. The number of hydrogen-bond acceptors (Lipinski definition) is 17. The Balaban J connectivity index is 0.640. The highest BCUT2D eigenvalue weighted by Gasteiger charge is 2.68. The Labute approximate surface area is 625 Å². The third kappa shape index (κ3) is 18.8. The van der Waals surface area contributed by atoms with Crippen molar-refractivity contribution in [2.75, 3.05) is 88.0 Å². The van der Waals surface area contributed by atoms with Crippen LogP contribution in [0.15, 0.2) is 128 Å². The normalized spacial score (nSPS) is 22.5. The maximum atomic E-state index is 14.6. The summed E-state index contributed by atoms with van der Waals surface area (Å²) in [5, 5.41) is 19.7. The van der Waals surface area contributed by atoms with Crippen molar-refractivity contribution in [2.24, 2.45) is 21.7 Å². The summed E-state index contributed by atoms with van der Waals surface area (Å²) in [6, 6.07) is 22.9. The molecule has 3 saturated heterocycles. The number of β-amino-alcohol motifs (C(OH)–C–C–N with tert-alkyl or cyclic N) is 1. The fourth-order valence-electron chi connectivity index (χ4n) is 16.2. The highest BCUT2D eigenvalue weighted by molar-refractivity contribution is 7.99. The number of aliphatic hydroxyl groups excluding tert-OH is 1. The molecule has 5 aromatic rings. The van der Waals surface area contributed by atoms with Gasteiger partial charge >= 0.3 is 5.51 Å². The second-order valence-electron chi connectivity index (χ2n) is 31.9. The molecule has 27 heteroatoms. The summed E-state index contributed by atoms with van der Waals surface area (Å²) < 4.78 is 100. The summed E-state index contributed by atoms with van der Waals surface area (Å²) >= 11 is 2.95. The number of likely N-dealkylation sites (tertiary alicyclic amines) is 1. The van der Waals surface area contributed by atoms with E-state index in [4.69, 9.17) is 0 Å². The molecule has 20 nitrogen and oxygen atoms in total. The number of carbonyl (C=O) groups is 5. The largest absolute Gasteiger partial charge is 0.501 e. The summed E-state index contributed by atoms with van der Waals surface area (Å²) in [5.41, 5.74) is 3.11. The predicted octanol–water partition coefficient (Wildman–Crippen LogP) is 12.2. The smallest absolute Gasteiger partial charge is 0.391 e. The first kappa shape index (κ1) is 79.2. The minimum atomic E-state index is -6.17. The molecule has 5 amide bonds. The van der Waals surface area contributed by atoms with Gasteiger partial charge in [-0.15, -0.1) is 23.1 Å². The molecule has 2 bridgehead atoms. The first-order valence-electron chi connectivity index (χ1n) is 37.0. The third-order valence-corrected chi connectivity index (χ3v) is 27.5. The maximum Gasteiger partial charge on any atom is 0.501 e. The molecule has 3 saturated carbocycles. The summed E-state index contributed by atoms with van der Waals surface area (Å²) in [5.74, 6) is -2.06. The fraction of sp³-hybridized carbons (Fsp3) is 0.564. The van der Waals surface area contributed by atoms with E-state index in [1.165, 1.54) is 67.3 Å². The molecule has 12 rings (SSSR count). The quantitative estimate of drug-likeness (QED) is 0.0170. The van der Waals surface area contributed by atoms with Crippen molar-refractivity contribution in [3.8, 4) is 10.4 Å². The molecule has 0 spiro atoms. The number of thioether (sulfide) groups is 1. The molecule has 4 aromatic carbocycles. The van der Waals surface area contributed by atoms with Crippen LogP contribution >= 0.6 is 23.1 Å². The number of piperazine rings is 2. The topological polar surface area (TPSA) is 251 Å². The van der Waals surface area contributed by atoms with Gasteiger partial charge in [-0.25, -0.2) is 26.5 Å². The Morgan fingerprint density at radius 2 is 1.48 bits per heavy atom. The number of aliphatic hydroxyl groups is 1. The van der Waals surface area contributed by atoms with Gasteiger partial charge in [0.05, 0.1) is 38.8 Å². The van der Waals surface area contributed by atoms with Crippen LogP contribution in [-0.2, 0) is 39.0 Å². The zero-order valence-electron chi connectivity index (χ0n) is 61.7. The first-order valence-corrected chi connectivity index (χ1v) is 41.8. The summed E-state index contributed by atoms with van der Waals surface area (Å²) in [7, 11) is -11.1. The number of benzene rings is 4. The minimum absolute atomic E-state index is 0.0176. The number of rotatable bonds is 29. The number of nitrogens with zero attached hydrogens (tertiary/aromatic N) is 6. The van der Waals surface area contributed by atoms with Crippen LogP contribution in [0.4, 0.5) is 24.5 Å². The number of carbonyl (C=O) groups excluding carboxylic acids is 5. The van der Waals surface area contributed by atoms with E-state index in [1.54, 1.807) is 45.0 Å². The average Bonchev–Trinajstić information content (AvgIpc) is 0.945. The number of allylic oxidation sites excluding steroid dienone is 1. The van der Waals surface area contributed by atoms with Gasteiger partial charge in [-0.2, -0.15) is 13.2 Å². The van der Waals surface area contributed by atoms with Gasteiger partial charge in [0.1, 0.15) is 17.0 Å². The second-order valence-corrected chi connectivity index (χ2v) is 37.4. The molecule has 4 aliphatic carbocycles. The molecule has 3 aliphatic heterocycles. The number of sulfonamides is 1. The van der Waals surface area contributed by atoms with E-state index in [9.17, 15) is 59.1 Å². The lowest BCUT2D eigenvalue weighted by atomic mass is 9.31. The molecule has 570 valence electrons. The van der Waals surface area contributed by atoms with Crippen molar-refractivity contribution in [1.82, 2.24) is 39.9 Å². The van der Waals surface area contributed by atoms with E-state index >= 15 is 0 Å². The van der Waals surface area contributed by atoms with E-state index < -0.39 is 94.3 Å². The number of unbranched alkanes of at least 4 members (excludes halogenated alkanes) is 2. The molecule has 1 aromatic heterocycles. The monoisotopic (exact) mass is 1520 g/mol. The van der Waals surface area contributed by atoms with Crippen molar-refractivity contribution in [2.45, 2.75) is 196 Å². The highest BCUT2D eigenvalue weighted by atomic mass is 32.2. The highest BCUT2D eigenvalue weighted by Crippen LogP contribution is 2.79. The molecule has 0 radical (unpaired) electrons. The van der Waals surface area contributed by atoms with Crippen LogP contribution in [0.5, 0.6) is 0 Å². The van der Waals surface area contributed by atoms with Crippen molar-refractivity contribution < 1.29 is 59.1 Å². The lowest BCUT2D eigenvalue weighted by molar-refractivity contribution is -0.182.